The van der Waals surface area contributed by atoms with Crippen molar-refractivity contribution in [2.24, 2.45) is 11.7 Å². The summed E-state index contributed by atoms with van der Waals surface area (Å²) in [4.78, 5) is 28.5. The van der Waals surface area contributed by atoms with Crippen LogP contribution in [0, 0.1) is 5.92 Å². The smallest absolute Gasteiger partial charge is 0.239 e. The van der Waals surface area contributed by atoms with E-state index in [2.05, 4.69) is 30.5 Å². The zero-order chi connectivity index (χ0) is 17.0. The summed E-state index contributed by atoms with van der Waals surface area (Å²) in [5.74, 6) is 0.787. The van der Waals surface area contributed by atoms with Gasteiger partial charge in [-0.2, -0.15) is 11.8 Å². The van der Waals surface area contributed by atoms with Gasteiger partial charge in [0, 0.05) is 36.7 Å². The molecule has 2 aliphatic heterocycles. The third kappa shape index (κ3) is 4.21. The van der Waals surface area contributed by atoms with E-state index in [1.54, 1.807) is 0 Å². The second kappa shape index (κ2) is 7.88. The summed E-state index contributed by atoms with van der Waals surface area (Å²) in [5, 5.41) is 0. The SMILES string of the molecule is CCC1(CC)CN([C@H](C)C(=O)N2CCC[C@H](C(N)=O)C2)CCS1. The second-order valence-electron chi connectivity index (χ2n) is 6.91. The van der Waals surface area contributed by atoms with Crippen LogP contribution in [0.1, 0.15) is 46.5 Å². The molecule has 0 aliphatic carbocycles. The zero-order valence-corrected chi connectivity index (χ0v) is 15.5. The first-order chi connectivity index (χ1) is 10.9. The first kappa shape index (κ1) is 18.6. The molecule has 0 saturated carbocycles. The van der Waals surface area contributed by atoms with Crippen molar-refractivity contribution in [2.45, 2.75) is 57.2 Å². The molecule has 0 aromatic rings. The Labute approximate surface area is 144 Å². The van der Waals surface area contributed by atoms with Crippen LogP contribution in [-0.4, -0.2) is 64.3 Å². The molecule has 2 N–H and O–H groups in total. The van der Waals surface area contributed by atoms with Gasteiger partial charge in [0.2, 0.25) is 11.8 Å². The molecular formula is C17H31N3O2S. The van der Waals surface area contributed by atoms with E-state index in [1.807, 2.05) is 11.8 Å². The summed E-state index contributed by atoms with van der Waals surface area (Å²) in [6.45, 7) is 9.69. The molecule has 0 aromatic carbocycles. The van der Waals surface area contributed by atoms with E-state index in [9.17, 15) is 9.59 Å². The van der Waals surface area contributed by atoms with E-state index in [1.165, 1.54) is 0 Å². The third-order valence-corrected chi connectivity index (χ3v) is 7.31. The van der Waals surface area contributed by atoms with Gasteiger partial charge >= 0.3 is 0 Å². The Bertz CT molecular complexity index is 440. The van der Waals surface area contributed by atoms with Crippen molar-refractivity contribution in [1.29, 1.82) is 0 Å². The lowest BCUT2D eigenvalue weighted by molar-refractivity contribution is -0.139. The van der Waals surface area contributed by atoms with Crippen LogP contribution in [0.2, 0.25) is 0 Å². The van der Waals surface area contributed by atoms with Gasteiger partial charge in [-0.25, -0.2) is 0 Å². The van der Waals surface area contributed by atoms with E-state index < -0.39 is 0 Å². The Morgan fingerprint density at radius 1 is 1.30 bits per heavy atom. The summed E-state index contributed by atoms with van der Waals surface area (Å²) < 4.78 is 0.282. The van der Waals surface area contributed by atoms with Crippen molar-refractivity contribution in [3.05, 3.63) is 0 Å². The van der Waals surface area contributed by atoms with Crippen LogP contribution < -0.4 is 5.73 Å². The molecule has 0 bridgehead atoms. The van der Waals surface area contributed by atoms with Crippen molar-refractivity contribution >= 4 is 23.6 Å². The summed E-state index contributed by atoms with van der Waals surface area (Å²) in [5.41, 5.74) is 5.43. The molecule has 2 heterocycles. The van der Waals surface area contributed by atoms with Crippen molar-refractivity contribution < 1.29 is 9.59 Å². The van der Waals surface area contributed by atoms with E-state index >= 15 is 0 Å². The highest BCUT2D eigenvalue weighted by Gasteiger charge is 2.38. The topological polar surface area (TPSA) is 66.6 Å². The highest BCUT2D eigenvalue weighted by molar-refractivity contribution is 8.00. The Hall–Kier alpha value is -0.750. The molecule has 6 heteroatoms. The minimum absolute atomic E-state index is 0.111. The fourth-order valence-electron chi connectivity index (χ4n) is 3.71. The Kier molecular flexibility index (Phi) is 6.37. The molecule has 0 unspecified atom stereocenters. The van der Waals surface area contributed by atoms with Crippen LogP contribution in [0.25, 0.3) is 0 Å². The van der Waals surface area contributed by atoms with Gasteiger partial charge in [0.15, 0.2) is 0 Å². The minimum atomic E-state index is -0.277. The van der Waals surface area contributed by atoms with Gasteiger partial charge in [-0.15, -0.1) is 0 Å². The number of thioether (sulfide) groups is 1. The quantitative estimate of drug-likeness (QED) is 0.827. The van der Waals surface area contributed by atoms with E-state index in [-0.39, 0.29) is 28.5 Å². The molecule has 23 heavy (non-hydrogen) atoms. The number of primary amides is 1. The molecule has 2 amide bonds. The van der Waals surface area contributed by atoms with Gasteiger partial charge in [-0.05, 0) is 32.6 Å². The summed E-state index contributed by atoms with van der Waals surface area (Å²) in [7, 11) is 0. The van der Waals surface area contributed by atoms with Crippen LogP contribution in [0.4, 0.5) is 0 Å². The maximum absolute atomic E-state index is 12.9. The fourth-order valence-corrected chi connectivity index (χ4v) is 5.14. The average Bonchev–Trinajstić information content (AvgIpc) is 2.60. The normalized spacial score (nSPS) is 26.7. The number of carbonyl (C=O) groups is 2. The van der Waals surface area contributed by atoms with Crippen molar-refractivity contribution in [1.82, 2.24) is 9.80 Å². The van der Waals surface area contributed by atoms with Crippen LogP contribution in [0.5, 0.6) is 0 Å². The molecule has 2 rings (SSSR count). The molecule has 2 fully saturated rings. The number of piperidine rings is 1. The lowest BCUT2D eigenvalue weighted by Crippen LogP contribution is -2.56. The maximum Gasteiger partial charge on any atom is 0.239 e. The standard InChI is InChI=1S/C17H31N3O2S/c1-4-17(5-2)12-20(9-10-23-17)13(3)16(22)19-8-6-7-14(11-19)15(18)21/h13-14H,4-12H2,1-3H3,(H2,18,21)/t13-,14+/m1/s1. The van der Waals surface area contributed by atoms with Gasteiger partial charge in [0.25, 0.3) is 0 Å². The van der Waals surface area contributed by atoms with Gasteiger partial charge in [-0.3, -0.25) is 14.5 Å². The van der Waals surface area contributed by atoms with Gasteiger partial charge in [-0.1, -0.05) is 13.8 Å². The highest BCUT2D eigenvalue weighted by Crippen LogP contribution is 2.37. The molecule has 0 radical (unpaired) electrons. The van der Waals surface area contributed by atoms with Crippen LogP contribution in [-0.2, 0) is 9.59 Å². The number of rotatable bonds is 5. The van der Waals surface area contributed by atoms with Crippen LogP contribution >= 0.6 is 11.8 Å². The fraction of sp³-hybridized carbons (Fsp3) is 0.882. The number of amides is 2. The van der Waals surface area contributed by atoms with Crippen LogP contribution in [0.3, 0.4) is 0 Å². The molecule has 2 saturated heterocycles. The molecule has 0 spiro atoms. The first-order valence-corrected chi connectivity index (χ1v) is 9.87. The molecule has 0 aromatic heterocycles. The number of carbonyl (C=O) groups excluding carboxylic acids is 2. The summed E-state index contributed by atoms with van der Waals surface area (Å²) in [6.07, 6.45) is 3.95. The minimum Gasteiger partial charge on any atom is -0.369 e. The van der Waals surface area contributed by atoms with Gasteiger partial charge in [0.1, 0.15) is 0 Å². The lowest BCUT2D eigenvalue weighted by atomic mass is 9.96. The molecular weight excluding hydrogens is 310 g/mol. The monoisotopic (exact) mass is 341 g/mol. The Balaban J connectivity index is 2.00. The largest absolute Gasteiger partial charge is 0.369 e. The number of nitrogens with two attached hydrogens (primary N) is 1. The second-order valence-corrected chi connectivity index (χ2v) is 8.47. The lowest BCUT2D eigenvalue weighted by Gasteiger charge is -2.44. The molecule has 132 valence electrons. The predicted molar refractivity (Wildman–Crippen MR) is 95.3 cm³/mol. The first-order valence-electron chi connectivity index (χ1n) is 8.88. The summed E-state index contributed by atoms with van der Waals surface area (Å²) in [6, 6.07) is -0.111. The van der Waals surface area contributed by atoms with Gasteiger partial charge in [0.05, 0.1) is 12.0 Å². The van der Waals surface area contributed by atoms with Crippen molar-refractivity contribution in [3.8, 4) is 0 Å². The molecule has 5 nitrogen and oxygen atoms in total. The van der Waals surface area contributed by atoms with Crippen molar-refractivity contribution in [3.63, 3.8) is 0 Å². The number of nitrogens with zero attached hydrogens (tertiary/aromatic N) is 2. The average molecular weight is 342 g/mol. The van der Waals surface area contributed by atoms with Crippen LogP contribution in [0.15, 0.2) is 0 Å². The molecule has 2 aliphatic rings. The molecule has 2 atom stereocenters. The summed E-state index contributed by atoms with van der Waals surface area (Å²) >= 11 is 2.06. The number of likely N-dealkylation sites (tertiary alicyclic amines) is 1. The Morgan fingerprint density at radius 2 is 2.00 bits per heavy atom. The van der Waals surface area contributed by atoms with E-state index in [4.69, 9.17) is 5.73 Å². The zero-order valence-electron chi connectivity index (χ0n) is 14.7. The number of hydrogen-bond acceptors (Lipinski definition) is 4. The Morgan fingerprint density at radius 3 is 2.61 bits per heavy atom. The number of hydrogen-bond donors (Lipinski definition) is 1. The maximum atomic E-state index is 12.9. The predicted octanol–water partition coefficient (Wildman–Crippen LogP) is 1.71. The highest BCUT2D eigenvalue weighted by atomic mass is 32.2. The van der Waals surface area contributed by atoms with Crippen molar-refractivity contribution in [2.75, 3.05) is 31.9 Å². The van der Waals surface area contributed by atoms with E-state index in [0.717, 1.165) is 51.1 Å². The van der Waals surface area contributed by atoms with E-state index in [0.29, 0.717) is 6.54 Å². The van der Waals surface area contributed by atoms with Gasteiger partial charge < -0.3 is 10.6 Å². The third-order valence-electron chi connectivity index (χ3n) is 5.61.